The van der Waals surface area contributed by atoms with E-state index >= 15 is 0 Å². The van der Waals surface area contributed by atoms with E-state index in [0.29, 0.717) is 17.0 Å². The van der Waals surface area contributed by atoms with Gasteiger partial charge in [0.2, 0.25) is 0 Å². The minimum absolute atomic E-state index is 0.358. The third kappa shape index (κ3) is 2.41. The maximum atomic E-state index is 11.0. The average molecular weight is 296 g/mol. The molecule has 1 N–H and O–H groups in total. The number of thiophene rings is 1. The van der Waals surface area contributed by atoms with Crippen LogP contribution in [-0.4, -0.2) is 15.6 Å². The third-order valence-electron chi connectivity index (χ3n) is 3.48. The van der Waals surface area contributed by atoms with Gasteiger partial charge >= 0.3 is 5.97 Å². The number of benzene rings is 1. The molecule has 4 nitrogen and oxygen atoms in total. The van der Waals surface area contributed by atoms with Gasteiger partial charge in [0.05, 0.1) is 11.6 Å². The highest BCUT2D eigenvalue weighted by Gasteiger charge is 2.12. The van der Waals surface area contributed by atoms with Gasteiger partial charge in [0.15, 0.2) is 0 Å². The molecule has 0 aliphatic rings. The lowest BCUT2D eigenvalue weighted by Gasteiger charge is -2.05. The maximum absolute atomic E-state index is 11.0. The van der Waals surface area contributed by atoms with Crippen molar-refractivity contribution in [2.75, 3.05) is 0 Å². The van der Waals surface area contributed by atoms with E-state index in [-0.39, 0.29) is 0 Å². The largest absolute Gasteiger partial charge is 0.477 e. The first-order valence-corrected chi connectivity index (χ1v) is 7.22. The summed E-state index contributed by atoms with van der Waals surface area (Å²) in [6.07, 6.45) is 1.96. The Kier molecular flexibility index (Phi) is 3.24. The maximum Gasteiger partial charge on any atom is 0.345 e. The van der Waals surface area contributed by atoms with Gasteiger partial charge in [-0.15, -0.1) is 11.3 Å². The first-order chi connectivity index (χ1) is 10.1. The highest BCUT2D eigenvalue weighted by atomic mass is 32.1. The lowest BCUT2D eigenvalue weighted by atomic mass is 10.2. The summed E-state index contributed by atoms with van der Waals surface area (Å²) < 4.78 is 2.04. The molecule has 0 bridgehead atoms. The van der Waals surface area contributed by atoms with E-state index in [4.69, 9.17) is 10.4 Å². The van der Waals surface area contributed by atoms with Gasteiger partial charge in [0.25, 0.3) is 0 Å². The molecule has 0 aliphatic carbocycles. The van der Waals surface area contributed by atoms with E-state index < -0.39 is 5.97 Å². The van der Waals surface area contributed by atoms with E-state index in [1.54, 1.807) is 12.1 Å². The Hall–Kier alpha value is -2.58. The van der Waals surface area contributed by atoms with Crippen molar-refractivity contribution >= 4 is 28.2 Å². The Balaban J connectivity index is 2.02. The summed E-state index contributed by atoms with van der Waals surface area (Å²) in [6, 6.07) is 11.4. The topological polar surface area (TPSA) is 66.0 Å². The monoisotopic (exact) mass is 296 g/mol. The van der Waals surface area contributed by atoms with Gasteiger partial charge in [-0.1, -0.05) is 6.07 Å². The number of hydrogen-bond donors (Lipinski definition) is 1. The Morgan fingerprint density at radius 1 is 1.38 bits per heavy atom. The minimum Gasteiger partial charge on any atom is -0.477 e. The molecule has 21 heavy (non-hydrogen) atoms. The number of aromatic nitrogens is 1. The first-order valence-electron chi connectivity index (χ1n) is 6.40. The minimum atomic E-state index is -0.890. The number of aryl methyl sites for hydroxylation is 1. The molecular formula is C16H12N2O2S. The molecule has 0 saturated heterocycles. The van der Waals surface area contributed by atoms with E-state index in [2.05, 4.69) is 6.07 Å². The van der Waals surface area contributed by atoms with E-state index in [9.17, 15) is 4.79 Å². The number of hydrogen-bond acceptors (Lipinski definition) is 3. The number of carbonyl (C=O) groups is 1. The molecule has 0 fully saturated rings. The van der Waals surface area contributed by atoms with Gasteiger partial charge in [-0.05, 0) is 42.1 Å². The van der Waals surface area contributed by atoms with E-state index in [1.165, 1.54) is 11.3 Å². The molecule has 0 radical (unpaired) electrons. The Morgan fingerprint density at radius 2 is 2.19 bits per heavy atom. The molecular weight excluding hydrogens is 284 g/mol. The highest BCUT2D eigenvalue weighted by Crippen LogP contribution is 2.25. The van der Waals surface area contributed by atoms with Crippen LogP contribution in [0.1, 0.15) is 25.7 Å². The highest BCUT2D eigenvalue weighted by molar-refractivity contribution is 7.14. The van der Waals surface area contributed by atoms with Crippen LogP contribution in [0.15, 0.2) is 36.5 Å². The van der Waals surface area contributed by atoms with Crippen molar-refractivity contribution in [2.45, 2.75) is 13.5 Å². The third-order valence-corrected chi connectivity index (χ3v) is 4.56. The molecule has 0 spiro atoms. The molecule has 0 aliphatic heterocycles. The van der Waals surface area contributed by atoms with E-state index in [0.717, 1.165) is 21.3 Å². The lowest BCUT2D eigenvalue weighted by Crippen LogP contribution is -1.98. The molecule has 104 valence electrons. The van der Waals surface area contributed by atoms with Crippen LogP contribution >= 0.6 is 11.3 Å². The van der Waals surface area contributed by atoms with Gasteiger partial charge in [-0.25, -0.2) is 4.79 Å². The SMILES string of the molecule is Cc1sc(C(=O)O)cc1Cn1ccc2ccc(C#N)cc21. The quantitative estimate of drug-likeness (QED) is 0.802. The van der Waals surface area contributed by atoms with Gasteiger partial charge in [0.1, 0.15) is 4.88 Å². The molecule has 5 heteroatoms. The van der Waals surface area contributed by atoms with Crippen molar-refractivity contribution in [1.82, 2.24) is 4.57 Å². The van der Waals surface area contributed by atoms with Crippen molar-refractivity contribution in [1.29, 1.82) is 5.26 Å². The summed E-state index contributed by atoms with van der Waals surface area (Å²) in [6.45, 7) is 2.53. The second-order valence-electron chi connectivity index (χ2n) is 4.83. The molecule has 0 amide bonds. The van der Waals surface area contributed by atoms with Gasteiger partial charge in [-0.2, -0.15) is 5.26 Å². The van der Waals surface area contributed by atoms with Crippen molar-refractivity contribution in [3.63, 3.8) is 0 Å². The van der Waals surface area contributed by atoms with Crippen LogP contribution in [0.5, 0.6) is 0 Å². The summed E-state index contributed by atoms with van der Waals surface area (Å²) in [4.78, 5) is 12.4. The number of fused-ring (bicyclic) bond motifs is 1. The van der Waals surface area contributed by atoms with E-state index in [1.807, 2.05) is 35.9 Å². The van der Waals surface area contributed by atoms with Crippen LogP contribution in [0.25, 0.3) is 10.9 Å². The van der Waals surface area contributed by atoms with Crippen LogP contribution in [-0.2, 0) is 6.54 Å². The number of nitriles is 1. The molecule has 3 aromatic rings. The van der Waals surface area contributed by atoms with Crippen LogP contribution in [0, 0.1) is 18.3 Å². The molecule has 2 heterocycles. The number of nitrogens with zero attached hydrogens (tertiary/aromatic N) is 2. The summed E-state index contributed by atoms with van der Waals surface area (Å²) >= 11 is 1.29. The zero-order chi connectivity index (χ0) is 15.0. The number of carboxylic acid groups (broad SMARTS) is 1. The lowest BCUT2D eigenvalue weighted by molar-refractivity contribution is 0.0702. The van der Waals surface area contributed by atoms with Gasteiger partial charge < -0.3 is 9.67 Å². The summed E-state index contributed by atoms with van der Waals surface area (Å²) in [5.41, 5.74) is 2.60. The van der Waals surface area contributed by atoms with Crippen molar-refractivity contribution in [3.8, 4) is 6.07 Å². The Morgan fingerprint density at radius 3 is 2.86 bits per heavy atom. The second-order valence-corrected chi connectivity index (χ2v) is 6.08. The number of aromatic carboxylic acids is 1. The summed E-state index contributed by atoms with van der Waals surface area (Å²) in [5.74, 6) is -0.890. The normalized spacial score (nSPS) is 10.7. The predicted molar refractivity (Wildman–Crippen MR) is 81.8 cm³/mol. The molecule has 0 atom stereocenters. The molecule has 0 unspecified atom stereocenters. The fourth-order valence-electron chi connectivity index (χ4n) is 2.36. The van der Waals surface area contributed by atoms with Crippen LogP contribution < -0.4 is 0 Å². The molecule has 2 aromatic heterocycles. The summed E-state index contributed by atoms with van der Waals surface area (Å²) in [7, 11) is 0. The van der Waals surface area contributed by atoms with Crippen molar-refractivity contribution < 1.29 is 9.90 Å². The number of carboxylic acids is 1. The molecule has 1 aromatic carbocycles. The summed E-state index contributed by atoms with van der Waals surface area (Å²) in [5, 5.41) is 19.1. The fourth-order valence-corrected chi connectivity index (χ4v) is 3.23. The standard InChI is InChI=1S/C16H12N2O2S/c1-10-13(7-15(21-10)16(19)20)9-18-5-4-12-3-2-11(8-17)6-14(12)18/h2-7H,9H2,1H3,(H,19,20). The smallest absolute Gasteiger partial charge is 0.345 e. The zero-order valence-electron chi connectivity index (χ0n) is 11.3. The van der Waals surface area contributed by atoms with Gasteiger partial charge in [-0.3, -0.25) is 0 Å². The van der Waals surface area contributed by atoms with Crippen LogP contribution in [0.3, 0.4) is 0 Å². The Labute approximate surface area is 125 Å². The van der Waals surface area contributed by atoms with Crippen molar-refractivity contribution in [2.24, 2.45) is 0 Å². The fraction of sp³-hybridized carbons (Fsp3) is 0.125. The van der Waals surface area contributed by atoms with Crippen LogP contribution in [0.2, 0.25) is 0 Å². The second kappa shape index (κ2) is 5.08. The first kappa shape index (κ1) is 13.4. The van der Waals surface area contributed by atoms with Gasteiger partial charge in [0, 0.05) is 23.1 Å². The predicted octanol–water partition coefficient (Wildman–Crippen LogP) is 3.63. The average Bonchev–Trinajstić information content (AvgIpc) is 3.04. The van der Waals surface area contributed by atoms with Crippen molar-refractivity contribution in [3.05, 3.63) is 57.4 Å². The Bertz CT molecular complexity index is 883. The zero-order valence-corrected chi connectivity index (χ0v) is 12.1. The molecule has 3 rings (SSSR count). The van der Waals surface area contributed by atoms with Crippen LogP contribution in [0.4, 0.5) is 0 Å². The molecule has 0 saturated carbocycles. The number of rotatable bonds is 3.